The van der Waals surface area contributed by atoms with Gasteiger partial charge in [0.05, 0.1) is 19.7 Å². The second kappa shape index (κ2) is 9.25. The number of thioether (sulfide) groups is 1. The molecule has 2 N–H and O–H groups in total. The highest BCUT2D eigenvalue weighted by atomic mass is 32.2. The van der Waals surface area contributed by atoms with Crippen LogP contribution in [0.2, 0.25) is 0 Å². The van der Waals surface area contributed by atoms with Gasteiger partial charge in [0.25, 0.3) is 0 Å². The van der Waals surface area contributed by atoms with Crippen LogP contribution >= 0.6 is 11.8 Å². The Morgan fingerprint density at radius 1 is 1.44 bits per heavy atom. The minimum atomic E-state index is -0.488. The molecule has 1 atom stereocenters. The number of carbonyl (C=O) groups is 1. The highest BCUT2D eigenvalue weighted by molar-refractivity contribution is 7.99. The number of ether oxygens (including phenoxy) is 1. The van der Waals surface area contributed by atoms with Gasteiger partial charge in [0.1, 0.15) is 0 Å². The van der Waals surface area contributed by atoms with E-state index in [0.717, 1.165) is 32.1 Å². The lowest BCUT2D eigenvalue weighted by molar-refractivity contribution is -0.136. The van der Waals surface area contributed by atoms with Crippen molar-refractivity contribution in [1.82, 2.24) is 15.1 Å². The van der Waals surface area contributed by atoms with Crippen molar-refractivity contribution in [1.29, 1.82) is 0 Å². The molecule has 1 fully saturated rings. The fourth-order valence-corrected chi connectivity index (χ4v) is 4.16. The highest BCUT2D eigenvalue weighted by Crippen LogP contribution is 2.36. The fourth-order valence-electron chi connectivity index (χ4n) is 3.33. The zero-order valence-electron chi connectivity index (χ0n) is 15.9. The average Bonchev–Trinajstić information content (AvgIpc) is 3.18. The number of benzene rings is 1. The van der Waals surface area contributed by atoms with Crippen LogP contribution in [0.15, 0.2) is 40.0 Å². The molecule has 2 aliphatic heterocycles. The lowest BCUT2D eigenvalue weighted by Crippen LogP contribution is -2.49. The molecule has 0 radical (unpaired) electrons. The van der Waals surface area contributed by atoms with E-state index in [1.165, 1.54) is 23.3 Å². The van der Waals surface area contributed by atoms with Crippen molar-refractivity contribution in [2.24, 2.45) is 4.99 Å². The molecule has 0 spiro atoms. The maximum absolute atomic E-state index is 11.5. The van der Waals surface area contributed by atoms with E-state index < -0.39 is 5.97 Å². The Bertz CT molecular complexity index is 716. The third-order valence-corrected chi connectivity index (χ3v) is 6.01. The van der Waals surface area contributed by atoms with Crippen LogP contribution in [0.4, 0.5) is 5.69 Å². The van der Waals surface area contributed by atoms with E-state index in [-0.39, 0.29) is 5.70 Å². The number of piperazine rings is 1. The molecule has 0 aliphatic carbocycles. The molecule has 2 aliphatic rings. The molecular formula is C19H27N5O2S. The van der Waals surface area contributed by atoms with Gasteiger partial charge in [0, 0.05) is 49.0 Å². The van der Waals surface area contributed by atoms with E-state index in [2.05, 4.69) is 62.0 Å². The molecule has 1 aromatic carbocycles. The normalized spacial score (nSPS) is 19.1. The monoisotopic (exact) mass is 389 g/mol. The second-order valence-corrected chi connectivity index (χ2v) is 7.61. The molecule has 1 saturated heterocycles. The first-order chi connectivity index (χ1) is 13.1. The Balaban J connectivity index is 1.48. The summed E-state index contributed by atoms with van der Waals surface area (Å²) >= 11 is 1.86. The van der Waals surface area contributed by atoms with Crippen molar-refractivity contribution >= 4 is 30.1 Å². The van der Waals surface area contributed by atoms with Crippen LogP contribution in [0, 0.1) is 0 Å². The van der Waals surface area contributed by atoms with Crippen LogP contribution in [0.25, 0.3) is 0 Å². The number of rotatable bonds is 7. The van der Waals surface area contributed by atoms with Crippen molar-refractivity contribution in [3.8, 4) is 0 Å². The van der Waals surface area contributed by atoms with Crippen LogP contribution in [0.3, 0.4) is 0 Å². The number of aliphatic imine (C=N–C) groups is 1. The predicted octanol–water partition coefficient (Wildman–Crippen LogP) is 2.10. The number of carbonyl (C=O) groups excluding carboxylic acids is 1. The van der Waals surface area contributed by atoms with Crippen LogP contribution < -0.4 is 10.6 Å². The molecule has 146 valence electrons. The Labute approximate surface area is 164 Å². The summed E-state index contributed by atoms with van der Waals surface area (Å²) in [6, 6.07) is 7.16. The number of hydrogen-bond donors (Lipinski definition) is 2. The summed E-state index contributed by atoms with van der Waals surface area (Å²) in [5.74, 6) is 0.477. The molecule has 3 rings (SSSR count). The Hall–Kier alpha value is -2.03. The minimum absolute atomic E-state index is 0.188. The third-order valence-electron chi connectivity index (χ3n) is 5.05. The Morgan fingerprint density at radius 2 is 2.22 bits per heavy atom. The SMILES string of the molecule is C=N/C(=C\NCN1CCN([C@@H](C)c2ccc3c(c2)NCS3)CC1)C(=O)OC. The lowest BCUT2D eigenvalue weighted by atomic mass is 10.1. The summed E-state index contributed by atoms with van der Waals surface area (Å²) in [4.78, 5) is 21.3. The maximum Gasteiger partial charge on any atom is 0.358 e. The van der Waals surface area contributed by atoms with Crippen LogP contribution in [0.1, 0.15) is 18.5 Å². The first-order valence-electron chi connectivity index (χ1n) is 9.08. The number of nitrogens with zero attached hydrogens (tertiary/aromatic N) is 3. The minimum Gasteiger partial charge on any atom is -0.464 e. The summed E-state index contributed by atoms with van der Waals surface area (Å²) in [5.41, 5.74) is 2.81. The first-order valence-corrected chi connectivity index (χ1v) is 10.1. The second-order valence-electron chi connectivity index (χ2n) is 6.59. The zero-order valence-corrected chi connectivity index (χ0v) is 16.7. The van der Waals surface area contributed by atoms with Gasteiger partial charge < -0.3 is 15.4 Å². The smallest absolute Gasteiger partial charge is 0.358 e. The van der Waals surface area contributed by atoms with Gasteiger partial charge >= 0.3 is 5.97 Å². The quantitative estimate of drug-likeness (QED) is 0.420. The van der Waals surface area contributed by atoms with E-state index in [1.807, 2.05) is 11.8 Å². The molecule has 0 unspecified atom stereocenters. The number of esters is 1. The largest absolute Gasteiger partial charge is 0.464 e. The Morgan fingerprint density at radius 3 is 2.93 bits per heavy atom. The van der Waals surface area contributed by atoms with E-state index in [0.29, 0.717) is 12.7 Å². The van der Waals surface area contributed by atoms with Crippen molar-refractivity contribution < 1.29 is 9.53 Å². The fraction of sp³-hybridized carbons (Fsp3) is 0.474. The summed E-state index contributed by atoms with van der Waals surface area (Å²) < 4.78 is 4.65. The standard InChI is InChI=1S/C19H27N5O2S/c1-14(15-4-5-18-16(10-15)22-13-27-18)24-8-6-23(7-9-24)12-21-11-17(20-2)19(25)26-3/h4-5,10-11,14,21-22H,2,6-9,12-13H2,1,3H3/b17-11-/t14-/m0/s1. The number of fused-ring (bicyclic) bond motifs is 1. The topological polar surface area (TPSA) is 69.2 Å². The van der Waals surface area contributed by atoms with E-state index in [9.17, 15) is 4.79 Å². The van der Waals surface area contributed by atoms with Crippen molar-refractivity contribution in [2.45, 2.75) is 17.9 Å². The molecule has 1 aromatic rings. The maximum atomic E-state index is 11.5. The number of methoxy groups -OCH3 is 1. The molecule has 0 amide bonds. The molecule has 2 heterocycles. The molecule has 0 bridgehead atoms. The number of anilines is 1. The van der Waals surface area contributed by atoms with Gasteiger partial charge in [0.2, 0.25) is 0 Å². The van der Waals surface area contributed by atoms with Gasteiger partial charge in [-0.05, 0) is 31.3 Å². The predicted molar refractivity (Wildman–Crippen MR) is 110 cm³/mol. The van der Waals surface area contributed by atoms with Gasteiger partial charge in [-0.1, -0.05) is 6.07 Å². The summed E-state index contributed by atoms with van der Waals surface area (Å²) in [5, 5.41) is 6.56. The Kier molecular flexibility index (Phi) is 6.76. The van der Waals surface area contributed by atoms with Crippen LogP contribution in [0.5, 0.6) is 0 Å². The van der Waals surface area contributed by atoms with Crippen molar-refractivity contribution in [3.63, 3.8) is 0 Å². The van der Waals surface area contributed by atoms with Gasteiger partial charge in [-0.3, -0.25) is 14.8 Å². The van der Waals surface area contributed by atoms with Crippen molar-refractivity contribution in [3.05, 3.63) is 35.7 Å². The molecule has 0 aromatic heterocycles. The summed E-state index contributed by atoms with van der Waals surface area (Å²) in [7, 11) is 1.33. The average molecular weight is 390 g/mol. The van der Waals surface area contributed by atoms with E-state index in [4.69, 9.17) is 0 Å². The van der Waals surface area contributed by atoms with E-state index >= 15 is 0 Å². The number of nitrogens with one attached hydrogen (secondary N) is 2. The number of hydrogen-bond acceptors (Lipinski definition) is 8. The molecule has 7 nitrogen and oxygen atoms in total. The van der Waals surface area contributed by atoms with Gasteiger partial charge in [-0.2, -0.15) is 0 Å². The van der Waals surface area contributed by atoms with Gasteiger partial charge in [-0.25, -0.2) is 4.79 Å². The first kappa shape index (κ1) is 19.7. The third kappa shape index (κ3) is 4.82. The molecule has 8 heteroatoms. The van der Waals surface area contributed by atoms with Crippen molar-refractivity contribution in [2.75, 3.05) is 51.2 Å². The highest BCUT2D eigenvalue weighted by Gasteiger charge is 2.23. The van der Waals surface area contributed by atoms with Crippen LogP contribution in [-0.4, -0.2) is 68.3 Å². The van der Waals surface area contributed by atoms with Gasteiger partial charge in [-0.15, -0.1) is 11.8 Å². The van der Waals surface area contributed by atoms with Crippen LogP contribution in [-0.2, 0) is 9.53 Å². The molecular weight excluding hydrogens is 362 g/mol. The summed E-state index contributed by atoms with van der Waals surface area (Å²) in [6.45, 7) is 10.3. The molecule has 27 heavy (non-hydrogen) atoms. The van der Waals surface area contributed by atoms with Gasteiger partial charge in [0.15, 0.2) is 5.70 Å². The summed E-state index contributed by atoms with van der Waals surface area (Å²) in [6.07, 6.45) is 1.56. The lowest BCUT2D eigenvalue weighted by Gasteiger charge is -2.38. The molecule has 0 saturated carbocycles. The van der Waals surface area contributed by atoms with E-state index in [1.54, 1.807) is 6.20 Å². The zero-order chi connectivity index (χ0) is 19.2.